The Morgan fingerprint density at radius 1 is 1.06 bits per heavy atom. The number of rotatable bonds is 8. The second-order valence-corrected chi connectivity index (χ2v) is 9.53. The van der Waals surface area contributed by atoms with Gasteiger partial charge < -0.3 is 10.1 Å². The van der Waals surface area contributed by atoms with Gasteiger partial charge in [-0.3, -0.25) is 9.10 Å². The van der Waals surface area contributed by atoms with E-state index in [9.17, 15) is 13.2 Å². The SMILES string of the molecule is CCOc1ccccc1N(CC(=O)Nc1ccc(Br)c(Cl)c1)S(=O)(=O)c1ccccc1. The molecule has 3 rings (SSSR count). The van der Waals surface area contributed by atoms with Gasteiger partial charge in [0.15, 0.2) is 0 Å². The molecule has 162 valence electrons. The van der Waals surface area contributed by atoms with Gasteiger partial charge in [-0.25, -0.2) is 8.42 Å². The molecule has 1 amide bonds. The normalized spacial score (nSPS) is 11.1. The number of sulfonamides is 1. The molecule has 3 aromatic carbocycles. The van der Waals surface area contributed by atoms with E-state index in [4.69, 9.17) is 16.3 Å². The highest BCUT2D eigenvalue weighted by Crippen LogP contribution is 2.32. The first-order valence-electron chi connectivity index (χ1n) is 9.37. The number of carbonyl (C=O) groups is 1. The predicted octanol–water partition coefficient (Wildman–Crippen LogP) is 5.34. The molecule has 0 aromatic heterocycles. The van der Waals surface area contributed by atoms with Crippen molar-refractivity contribution in [1.82, 2.24) is 0 Å². The second-order valence-electron chi connectivity index (χ2n) is 6.40. The third-order valence-electron chi connectivity index (χ3n) is 4.26. The van der Waals surface area contributed by atoms with Crippen LogP contribution in [0.3, 0.4) is 0 Å². The van der Waals surface area contributed by atoms with Crippen molar-refractivity contribution in [3.63, 3.8) is 0 Å². The minimum Gasteiger partial charge on any atom is -0.492 e. The van der Waals surface area contributed by atoms with Crippen LogP contribution in [0.15, 0.2) is 82.2 Å². The highest BCUT2D eigenvalue weighted by molar-refractivity contribution is 9.10. The van der Waals surface area contributed by atoms with Crippen LogP contribution in [0.2, 0.25) is 5.02 Å². The number of halogens is 2. The standard InChI is InChI=1S/C22H20BrClN2O4S/c1-2-30-21-11-7-6-10-20(21)26(31(28,29)17-8-4-3-5-9-17)15-22(27)25-16-12-13-18(23)19(24)14-16/h3-14H,2,15H2,1H3,(H,25,27). The monoisotopic (exact) mass is 522 g/mol. The summed E-state index contributed by atoms with van der Waals surface area (Å²) < 4.78 is 34.2. The number of nitrogens with one attached hydrogen (secondary N) is 1. The number of amides is 1. The van der Waals surface area contributed by atoms with E-state index >= 15 is 0 Å². The molecule has 0 aliphatic carbocycles. The molecule has 3 aromatic rings. The number of anilines is 2. The van der Waals surface area contributed by atoms with Crippen LogP contribution in [-0.2, 0) is 14.8 Å². The lowest BCUT2D eigenvalue weighted by molar-refractivity contribution is -0.114. The predicted molar refractivity (Wildman–Crippen MR) is 126 cm³/mol. The third-order valence-corrected chi connectivity index (χ3v) is 7.26. The van der Waals surface area contributed by atoms with E-state index in [1.165, 1.54) is 12.1 Å². The Kier molecular flexibility index (Phi) is 7.59. The molecule has 6 nitrogen and oxygen atoms in total. The van der Waals surface area contributed by atoms with Gasteiger partial charge in [0, 0.05) is 10.2 Å². The van der Waals surface area contributed by atoms with E-state index in [-0.39, 0.29) is 10.6 Å². The van der Waals surface area contributed by atoms with Crippen LogP contribution in [0.25, 0.3) is 0 Å². The fourth-order valence-electron chi connectivity index (χ4n) is 2.86. The number of hydrogen-bond acceptors (Lipinski definition) is 4. The van der Waals surface area contributed by atoms with Crippen molar-refractivity contribution in [2.45, 2.75) is 11.8 Å². The molecule has 0 saturated carbocycles. The van der Waals surface area contributed by atoms with Gasteiger partial charge in [0.2, 0.25) is 5.91 Å². The van der Waals surface area contributed by atoms with Gasteiger partial charge in [0.1, 0.15) is 12.3 Å². The van der Waals surface area contributed by atoms with E-state index in [2.05, 4.69) is 21.2 Å². The van der Waals surface area contributed by atoms with Crippen LogP contribution in [0.1, 0.15) is 6.92 Å². The Bertz CT molecular complexity index is 1170. The van der Waals surface area contributed by atoms with Gasteiger partial charge in [0.05, 0.1) is 22.2 Å². The first kappa shape index (κ1) is 23.1. The van der Waals surface area contributed by atoms with Crippen LogP contribution in [0, 0.1) is 0 Å². The Hall–Kier alpha value is -2.55. The number of hydrogen-bond donors (Lipinski definition) is 1. The van der Waals surface area contributed by atoms with Crippen LogP contribution in [0.4, 0.5) is 11.4 Å². The largest absolute Gasteiger partial charge is 0.492 e. The molecule has 31 heavy (non-hydrogen) atoms. The number of para-hydroxylation sites is 2. The highest BCUT2D eigenvalue weighted by Gasteiger charge is 2.29. The van der Waals surface area contributed by atoms with Crippen LogP contribution >= 0.6 is 27.5 Å². The molecule has 0 unspecified atom stereocenters. The molecule has 0 spiro atoms. The first-order chi connectivity index (χ1) is 14.8. The minimum absolute atomic E-state index is 0.0702. The summed E-state index contributed by atoms with van der Waals surface area (Å²) >= 11 is 9.38. The van der Waals surface area contributed by atoms with E-state index in [0.717, 1.165) is 4.31 Å². The Morgan fingerprint density at radius 2 is 1.74 bits per heavy atom. The van der Waals surface area contributed by atoms with Gasteiger partial charge in [-0.2, -0.15) is 0 Å². The zero-order valence-electron chi connectivity index (χ0n) is 16.6. The van der Waals surface area contributed by atoms with Gasteiger partial charge in [-0.05, 0) is 65.3 Å². The van der Waals surface area contributed by atoms with Gasteiger partial charge in [0.25, 0.3) is 10.0 Å². The maximum Gasteiger partial charge on any atom is 0.264 e. The third kappa shape index (κ3) is 5.58. The molecule has 0 saturated heterocycles. The molecule has 0 radical (unpaired) electrons. The fraction of sp³-hybridized carbons (Fsp3) is 0.136. The maximum absolute atomic E-state index is 13.4. The molecule has 9 heteroatoms. The number of benzene rings is 3. The average molecular weight is 524 g/mol. The summed E-state index contributed by atoms with van der Waals surface area (Å²) in [4.78, 5) is 12.9. The molecule has 0 aliphatic rings. The molecule has 0 atom stereocenters. The number of ether oxygens (including phenoxy) is 1. The lowest BCUT2D eigenvalue weighted by atomic mass is 10.3. The van der Waals surface area contributed by atoms with Crippen molar-refractivity contribution in [3.8, 4) is 5.75 Å². The summed E-state index contributed by atoms with van der Waals surface area (Å²) in [6, 6.07) is 19.6. The molecular weight excluding hydrogens is 504 g/mol. The average Bonchev–Trinajstić information content (AvgIpc) is 2.76. The van der Waals surface area contributed by atoms with Gasteiger partial charge in [-0.1, -0.05) is 41.9 Å². The molecule has 1 N–H and O–H groups in total. The molecule has 0 aliphatic heterocycles. The summed E-state index contributed by atoms with van der Waals surface area (Å²) in [5.41, 5.74) is 0.727. The summed E-state index contributed by atoms with van der Waals surface area (Å²) in [6.07, 6.45) is 0. The Morgan fingerprint density at radius 3 is 2.42 bits per heavy atom. The van der Waals surface area contributed by atoms with Crippen molar-refractivity contribution in [2.75, 3.05) is 22.8 Å². The van der Waals surface area contributed by atoms with Crippen LogP contribution in [0.5, 0.6) is 5.75 Å². The fourth-order valence-corrected chi connectivity index (χ4v) is 4.74. The summed E-state index contributed by atoms with van der Waals surface area (Å²) in [6.45, 7) is 1.70. The lowest BCUT2D eigenvalue weighted by Crippen LogP contribution is -2.38. The van der Waals surface area contributed by atoms with Crippen molar-refractivity contribution in [2.24, 2.45) is 0 Å². The molecule has 0 fully saturated rings. The number of nitrogens with zero attached hydrogens (tertiary/aromatic N) is 1. The Labute approximate surface area is 195 Å². The van der Waals surface area contributed by atoms with Crippen LogP contribution < -0.4 is 14.4 Å². The van der Waals surface area contributed by atoms with Crippen LogP contribution in [-0.4, -0.2) is 27.5 Å². The topological polar surface area (TPSA) is 75.7 Å². The Balaban J connectivity index is 1.98. The molecule has 0 bridgehead atoms. The lowest BCUT2D eigenvalue weighted by Gasteiger charge is -2.26. The summed E-state index contributed by atoms with van der Waals surface area (Å²) in [7, 11) is -4.04. The van der Waals surface area contributed by atoms with E-state index in [1.54, 1.807) is 67.6 Å². The zero-order chi connectivity index (χ0) is 22.4. The smallest absolute Gasteiger partial charge is 0.264 e. The minimum atomic E-state index is -4.04. The maximum atomic E-state index is 13.4. The van der Waals surface area contributed by atoms with Crippen molar-refractivity contribution in [3.05, 3.63) is 82.3 Å². The highest BCUT2D eigenvalue weighted by atomic mass is 79.9. The van der Waals surface area contributed by atoms with E-state index in [1.807, 2.05) is 0 Å². The number of carbonyl (C=O) groups excluding carboxylic acids is 1. The van der Waals surface area contributed by atoms with Gasteiger partial charge in [-0.15, -0.1) is 0 Å². The van der Waals surface area contributed by atoms with E-state index in [0.29, 0.717) is 27.5 Å². The van der Waals surface area contributed by atoms with Crippen molar-refractivity contribution < 1.29 is 17.9 Å². The first-order valence-corrected chi connectivity index (χ1v) is 12.0. The second kappa shape index (κ2) is 10.2. The quantitative estimate of drug-likeness (QED) is 0.433. The van der Waals surface area contributed by atoms with Crippen molar-refractivity contribution in [1.29, 1.82) is 0 Å². The van der Waals surface area contributed by atoms with E-state index < -0.39 is 22.5 Å². The zero-order valence-corrected chi connectivity index (χ0v) is 19.7. The molecule has 0 heterocycles. The van der Waals surface area contributed by atoms with Crippen molar-refractivity contribution >= 4 is 54.8 Å². The van der Waals surface area contributed by atoms with Gasteiger partial charge >= 0.3 is 0 Å². The summed E-state index contributed by atoms with van der Waals surface area (Å²) in [5, 5.41) is 3.12. The summed E-state index contributed by atoms with van der Waals surface area (Å²) in [5.74, 6) is -0.159. The molecular formula is C22H20BrClN2O4S.